The summed E-state index contributed by atoms with van der Waals surface area (Å²) in [5.74, 6) is -0.558. The molecular formula is C25H34N2O7. The fraction of sp³-hybridized carbons (Fsp3) is 0.600. The zero-order valence-corrected chi connectivity index (χ0v) is 19.5. The van der Waals surface area contributed by atoms with Gasteiger partial charge in [0.2, 0.25) is 11.8 Å². The van der Waals surface area contributed by atoms with Crippen LogP contribution < -0.4 is 10.1 Å². The molecule has 3 aliphatic rings. The molecule has 186 valence electrons. The Balaban J connectivity index is 1.68. The molecule has 1 aliphatic carbocycles. The third-order valence-electron chi connectivity index (χ3n) is 6.69. The predicted octanol–water partition coefficient (Wildman–Crippen LogP) is 0.601. The SMILES string of the molecule is CCOCCCN(C(=O)C1CCOC1)C1C=C(C(=O)NCCO)C2c3ccccc3OC2C1O. The summed E-state index contributed by atoms with van der Waals surface area (Å²) in [6.45, 7) is 4.18. The van der Waals surface area contributed by atoms with Crippen molar-refractivity contribution < 1.29 is 34.0 Å². The zero-order chi connectivity index (χ0) is 24.1. The van der Waals surface area contributed by atoms with Crippen molar-refractivity contribution >= 4 is 11.8 Å². The van der Waals surface area contributed by atoms with Gasteiger partial charge in [-0.25, -0.2) is 0 Å². The summed E-state index contributed by atoms with van der Waals surface area (Å²) in [6.07, 6.45) is 1.21. The molecule has 2 amide bonds. The van der Waals surface area contributed by atoms with Gasteiger partial charge >= 0.3 is 0 Å². The molecule has 0 aromatic heterocycles. The second kappa shape index (κ2) is 11.3. The maximum absolute atomic E-state index is 13.5. The van der Waals surface area contributed by atoms with E-state index in [1.807, 2.05) is 31.2 Å². The molecule has 0 saturated carbocycles. The number of aliphatic hydroxyl groups excluding tert-OH is 2. The maximum Gasteiger partial charge on any atom is 0.247 e. The van der Waals surface area contributed by atoms with Crippen molar-refractivity contribution in [2.24, 2.45) is 5.92 Å². The number of carbonyl (C=O) groups excluding carboxylic acids is 2. The first kappa shape index (κ1) is 24.7. The Bertz CT molecular complexity index is 899. The standard InChI is InChI=1S/C25H34N2O7/c1-2-32-12-5-10-27(25(31)16-8-13-33-15-16)19-14-18(24(30)26-9-11-28)21-17-6-3-4-7-20(17)34-23(21)22(19)29/h3-4,6-7,14,16,19,21-23,28-29H,2,5,8-13,15H2,1H3,(H,26,30). The quantitative estimate of drug-likeness (QED) is 0.425. The van der Waals surface area contributed by atoms with E-state index in [1.165, 1.54) is 0 Å². The fourth-order valence-corrected chi connectivity index (χ4v) is 5.04. The average Bonchev–Trinajstić information content (AvgIpc) is 3.52. The molecule has 1 aromatic rings. The van der Waals surface area contributed by atoms with Crippen LogP contribution in [-0.4, -0.2) is 91.3 Å². The lowest BCUT2D eigenvalue weighted by Crippen LogP contribution is -2.57. The van der Waals surface area contributed by atoms with Gasteiger partial charge in [0, 0.05) is 44.0 Å². The van der Waals surface area contributed by atoms with Crippen LogP contribution in [0.3, 0.4) is 0 Å². The van der Waals surface area contributed by atoms with Gasteiger partial charge in [-0.15, -0.1) is 0 Å². The third-order valence-corrected chi connectivity index (χ3v) is 6.69. The Kier molecular flexibility index (Phi) is 8.20. The molecular weight excluding hydrogens is 440 g/mol. The van der Waals surface area contributed by atoms with Crippen LogP contribution in [0.15, 0.2) is 35.9 Å². The van der Waals surface area contributed by atoms with Crippen LogP contribution in [0.1, 0.15) is 31.2 Å². The molecule has 0 spiro atoms. The minimum Gasteiger partial charge on any atom is -0.486 e. The molecule has 1 saturated heterocycles. The molecule has 9 heteroatoms. The molecule has 1 aromatic carbocycles. The van der Waals surface area contributed by atoms with Gasteiger partial charge in [-0.2, -0.15) is 0 Å². The number of carbonyl (C=O) groups is 2. The predicted molar refractivity (Wildman–Crippen MR) is 123 cm³/mol. The zero-order valence-electron chi connectivity index (χ0n) is 19.5. The average molecular weight is 475 g/mol. The van der Waals surface area contributed by atoms with Crippen LogP contribution in [0.25, 0.3) is 0 Å². The number of fused-ring (bicyclic) bond motifs is 3. The summed E-state index contributed by atoms with van der Waals surface area (Å²) >= 11 is 0. The molecule has 9 nitrogen and oxygen atoms in total. The van der Waals surface area contributed by atoms with E-state index in [0.717, 1.165) is 5.56 Å². The van der Waals surface area contributed by atoms with Gasteiger partial charge in [0.1, 0.15) is 18.0 Å². The van der Waals surface area contributed by atoms with Gasteiger partial charge in [-0.1, -0.05) is 18.2 Å². The minimum atomic E-state index is -1.02. The molecule has 0 radical (unpaired) electrons. The number of ether oxygens (including phenoxy) is 3. The number of aliphatic hydroxyl groups is 2. The highest BCUT2D eigenvalue weighted by molar-refractivity contribution is 5.96. The highest BCUT2D eigenvalue weighted by atomic mass is 16.5. The number of amides is 2. The van der Waals surface area contributed by atoms with Crippen molar-refractivity contribution in [1.29, 1.82) is 0 Å². The van der Waals surface area contributed by atoms with Crippen molar-refractivity contribution in [2.45, 2.75) is 43.9 Å². The highest BCUT2D eigenvalue weighted by Gasteiger charge is 2.50. The number of rotatable bonds is 10. The van der Waals surface area contributed by atoms with Crippen LogP contribution >= 0.6 is 0 Å². The summed E-state index contributed by atoms with van der Waals surface area (Å²) in [6, 6.07) is 6.69. The summed E-state index contributed by atoms with van der Waals surface area (Å²) in [5, 5.41) is 23.4. The van der Waals surface area contributed by atoms with Crippen molar-refractivity contribution in [3.8, 4) is 5.75 Å². The first-order valence-electron chi connectivity index (χ1n) is 12.1. The number of nitrogens with zero attached hydrogens (tertiary/aromatic N) is 1. The molecule has 5 atom stereocenters. The molecule has 3 N–H and O–H groups in total. The van der Waals surface area contributed by atoms with Gasteiger partial charge < -0.3 is 34.6 Å². The van der Waals surface area contributed by atoms with Crippen LogP contribution in [0.2, 0.25) is 0 Å². The summed E-state index contributed by atoms with van der Waals surface area (Å²) < 4.78 is 17.0. The molecule has 1 fully saturated rings. The number of nitrogens with one attached hydrogen (secondary N) is 1. The number of para-hydroxylation sites is 1. The highest BCUT2D eigenvalue weighted by Crippen LogP contribution is 2.47. The molecule has 0 bridgehead atoms. The Morgan fingerprint density at radius 1 is 1.29 bits per heavy atom. The van der Waals surface area contributed by atoms with Gasteiger partial charge in [-0.05, 0) is 31.9 Å². The van der Waals surface area contributed by atoms with E-state index in [4.69, 9.17) is 14.2 Å². The third kappa shape index (κ3) is 4.98. The van der Waals surface area contributed by atoms with E-state index in [2.05, 4.69) is 5.32 Å². The van der Waals surface area contributed by atoms with Crippen LogP contribution in [0.5, 0.6) is 5.75 Å². The second-order valence-corrected chi connectivity index (χ2v) is 8.82. The van der Waals surface area contributed by atoms with Crippen molar-refractivity contribution in [1.82, 2.24) is 10.2 Å². The number of hydrogen-bond donors (Lipinski definition) is 3. The smallest absolute Gasteiger partial charge is 0.247 e. The largest absolute Gasteiger partial charge is 0.486 e. The lowest BCUT2D eigenvalue weighted by Gasteiger charge is -2.41. The van der Waals surface area contributed by atoms with Crippen LogP contribution in [-0.2, 0) is 19.1 Å². The minimum absolute atomic E-state index is 0.0987. The lowest BCUT2D eigenvalue weighted by molar-refractivity contribution is -0.141. The molecule has 4 rings (SSSR count). The Morgan fingerprint density at radius 3 is 2.85 bits per heavy atom. The molecule has 2 heterocycles. The second-order valence-electron chi connectivity index (χ2n) is 8.82. The van der Waals surface area contributed by atoms with Gasteiger partial charge in [0.25, 0.3) is 0 Å². The van der Waals surface area contributed by atoms with Crippen molar-refractivity contribution in [3.63, 3.8) is 0 Å². The summed E-state index contributed by atoms with van der Waals surface area (Å²) in [5.41, 5.74) is 1.26. The maximum atomic E-state index is 13.5. The van der Waals surface area contributed by atoms with E-state index in [9.17, 15) is 19.8 Å². The normalized spacial score (nSPS) is 27.4. The van der Waals surface area contributed by atoms with Crippen LogP contribution in [0.4, 0.5) is 0 Å². The van der Waals surface area contributed by atoms with Crippen molar-refractivity contribution in [3.05, 3.63) is 41.5 Å². The Labute approximate surface area is 199 Å². The van der Waals surface area contributed by atoms with Gasteiger partial charge in [0.05, 0.1) is 31.1 Å². The molecule has 2 aliphatic heterocycles. The van der Waals surface area contributed by atoms with Gasteiger partial charge in [0.15, 0.2) is 0 Å². The fourth-order valence-electron chi connectivity index (χ4n) is 5.04. The van der Waals surface area contributed by atoms with E-state index in [1.54, 1.807) is 11.0 Å². The van der Waals surface area contributed by atoms with E-state index >= 15 is 0 Å². The van der Waals surface area contributed by atoms with E-state index < -0.39 is 24.2 Å². The number of hydrogen-bond acceptors (Lipinski definition) is 7. The molecule has 5 unspecified atom stereocenters. The number of benzene rings is 1. The first-order valence-corrected chi connectivity index (χ1v) is 12.1. The van der Waals surface area contributed by atoms with Gasteiger partial charge in [-0.3, -0.25) is 9.59 Å². The Hall–Kier alpha value is -2.46. The Morgan fingerprint density at radius 2 is 2.12 bits per heavy atom. The van der Waals surface area contributed by atoms with Crippen molar-refractivity contribution in [2.75, 3.05) is 46.1 Å². The topological polar surface area (TPSA) is 118 Å². The lowest BCUT2D eigenvalue weighted by atomic mass is 9.77. The van der Waals surface area contributed by atoms with E-state index in [-0.39, 0.29) is 30.9 Å². The van der Waals surface area contributed by atoms with E-state index in [0.29, 0.717) is 57.1 Å². The monoisotopic (exact) mass is 474 g/mol. The van der Waals surface area contributed by atoms with Crippen LogP contribution in [0, 0.1) is 5.92 Å². The molecule has 34 heavy (non-hydrogen) atoms. The summed E-state index contributed by atoms with van der Waals surface area (Å²) in [7, 11) is 0. The first-order chi connectivity index (χ1) is 16.6. The summed E-state index contributed by atoms with van der Waals surface area (Å²) in [4.78, 5) is 28.3.